The summed E-state index contributed by atoms with van der Waals surface area (Å²) in [4.78, 5) is 0. The number of hydrogen-bond acceptors (Lipinski definition) is 1. The Kier molecular flexibility index (Phi) is 4.82. The van der Waals surface area contributed by atoms with Crippen molar-refractivity contribution in [2.45, 2.75) is 54.6 Å². The number of nitrogens with zero attached hydrogens (tertiary/aromatic N) is 2. The monoisotopic (exact) mass is 426 g/mol. The van der Waals surface area contributed by atoms with Crippen molar-refractivity contribution in [1.29, 1.82) is 0 Å². The van der Waals surface area contributed by atoms with E-state index in [2.05, 4.69) is 99.2 Å². The minimum atomic E-state index is 0.982. The first-order valence-electron chi connectivity index (χ1n) is 11.3. The molecule has 2 aromatic carbocycles. The number of benzene rings is 2. The summed E-state index contributed by atoms with van der Waals surface area (Å²) in [5, 5.41) is 5.56. The molecule has 3 heteroatoms. The fourth-order valence-electron chi connectivity index (χ4n) is 5.33. The average Bonchev–Trinajstić information content (AvgIpc) is 3.35. The SMILES string of the molecule is C/C=C\c1c(C)c2cc3c(cc2n1CC)sc1c3ccc2c1c(C)c(/C=C\C)n2CC. The molecule has 0 saturated carbocycles. The van der Waals surface area contributed by atoms with E-state index in [0.717, 1.165) is 13.1 Å². The van der Waals surface area contributed by atoms with E-state index in [1.165, 1.54) is 64.5 Å². The topological polar surface area (TPSA) is 9.86 Å². The number of aryl methyl sites for hydroxylation is 4. The molecular formula is C28H30N2S. The van der Waals surface area contributed by atoms with Gasteiger partial charge in [-0.25, -0.2) is 0 Å². The number of fused-ring (bicyclic) bond motifs is 6. The van der Waals surface area contributed by atoms with E-state index in [-0.39, 0.29) is 0 Å². The van der Waals surface area contributed by atoms with Crippen LogP contribution in [0.2, 0.25) is 0 Å². The third-order valence-corrected chi connectivity index (χ3v) is 7.91. The third-order valence-electron chi connectivity index (χ3n) is 6.73. The zero-order valence-electron chi connectivity index (χ0n) is 19.3. The maximum atomic E-state index is 2.45. The van der Waals surface area contributed by atoms with Crippen LogP contribution < -0.4 is 0 Å². The smallest absolute Gasteiger partial charge is 0.0502 e. The molecule has 3 heterocycles. The first kappa shape index (κ1) is 20.1. The molecule has 158 valence electrons. The zero-order valence-corrected chi connectivity index (χ0v) is 20.2. The Bertz CT molecular complexity index is 1530. The first-order chi connectivity index (χ1) is 15.0. The van der Waals surface area contributed by atoms with Crippen LogP contribution in [0.15, 0.2) is 36.4 Å². The van der Waals surface area contributed by atoms with Gasteiger partial charge in [0.15, 0.2) is 0 Å². The van der Waals surface area contributed by atoms with Crippen LogP contribution in [-0.4, -0.2) is 9.13 Å². The Morgan fingerprint density at radius 2 is 1.42 bits per heavy atom. The Morgan fingerprint density at radius 1 is 0.774 bits per heavy atom. The van der Waals surface area contributed by atoms with E-state index in [1.54, 1.807) is 0 Å². The van der Waals surface area contributed by atoms with Gasteiger partial charge in [-0.3, -0.25) is 0 Å². The lowest BCUT2D eigenvalue weighted by Gasteiger charge is -2.05. The van der Waals surface area contributed by atoms with Crippen LogP contribution in [0.3, 0.4) is 0 Å². The van der Waals surface area contributed by atoms with E-state index >= 15 is 0 Å². The van der Waals surface area contributed by atoms with Gasteiger partial charge in [-0.1, -0.05) is 18.2 Å². The van der Waals surface area contributed by atoms with Crippen LogP contribution in [0.25, 0.3) is 54.1 Å². The summed E-state index contributed by atoms with van der Waals surface area (Å²) in [6.07, 6.45) is 8.79. The third kappa shape index (κ3) is 2.69. The predicted molar refractivity (Wildman–Crippen MR) is 141 cm³/mol. The van der Waals surface area contributed by atoms with E-state index in [9.17, 15) is 0 Å². The highest BCUT2D eigenvalue weighted by Gasteiger charge is 2.19. The van der Waals surface area contributed by atoms with E-state index in [4.69, 9.17) is 0 Å². The summed E-state index contributed by atoms with van der Waals surface area (Å²) in [6, 6.07) is 9.52. The summed E-state index contributed by atoms with van der Waals surface area (Å²) in [6.45, 7) is 15.2. The molecule has 3 aromatic heterocycles. The Morgan fingerprint density at radius 3 is 2.06 bits per heavy atom. The lowest BCUT2D eigenvalue weighted by molar-refractivity contribution is 0.787. The second-order valence-electron chi connectivity index (χ2n) is 8.31. The summed E-state index contributed by atoms with van der Waals surface area (Å²) in [5.41, 5.74) is 8.13. The molecule has 31 heavy (non-hydrogen) atoms. The normalized spacial score (nSPS) is 12.8. The average molecular weight is 427 g/mol. The van der Waals surface area contributed by atoms with Crippen molar-refractivity contribution in [2.24, 2.45) is 0 Å². The molecule has 0 N–H and O–H groups in total. The predicted octanol–water partition coefficient (Wildman–Crippen LogP) is 8.69. The summed E-state index contributed by atoms with van der Waals surface area (Å²) < 4.78 is 7.70. The van der Waals surface area contributed by atoms with Crippen LogP contribution >= 0.6 is 11.3 Å². The van der Waals surface area contributed by atoms with Gasteiger partial charge in [-0.05, 0) is 83.0 Å². The number of thiophene rings is 1. The van der Waals surface area contributed by atoms with Crippen molar-refractivity contribution in [3.8, 4) is 0 Å². The number of rotatable bonds is 4. The molecule has 0 unspecified atom stereocenters. The van der Waals surface area contributed by atoms with Gasteiger partial charge in [-0.2, -0.15) is 0 Å². The van der Waals surface area contributed by atoms with Crippen LogP contribution in [-0.2, 0) is 13.1 Å². The quantitative estimate of drug-likeness (QED) is 0.272. The number of aromatic nitrogens is 2. The molecule has 0 atom stereocenters. The van der Waals surface area contributed by atoms with Crippen molar-refractivity contribution >= 4 is 65.5 Å². The molecule has 0 bridgehead atoms. The highest BCUT2D eigenvalue weighted by Crippen LogP contribution is 2.43. The Hall–Kier alpha value is -2.78. The van der Waals surface area contributed by atoms with Gasteiger partial charge in [0.1, 0.15) is 0 Å². The van der Waals surface area contributed by atoms with Gasteiger partial charge in [0.2, 0.25) is 0 Å². The van der Waals surface area contributed by atoms with E-state index < -0.39 is 0 Å². The summed E-state index contributed by atoms with van der Waals surface area (Å²) in [7, 11) is 0. The first-order valence-corrected chi connectivity index (χ1v) is 12.1. The van der Waals surface area contributed by atoms with Gasteiger partial charge in [0.05, 0.1) is 11.0 Å². The zero-order chi connectivity index (χ0) is 21.9. The fraction of sp³-hybridized carbons (Fsp3) is 0.286. The van der Waals surface area contributed by atoms with E-state index in [1.807, 2.05) is 11.3 Å². The van der Waals surface area contributed by atoms with E-state index in [0.29, 0.717) is 0 Å². The van der Waals surface area contributed by atoms with Gasteiger partial charge < -0.3 is 9.13 Å². The van der Waals surface area contributed by atoms with Gasteiger partial charge in [0.25, 0.3) is 0 Å². The summed E-state index contributed by atoms with van der Waals surface area (Å²) >= 11 is 1.95. The lowest BCUT2D eigenvalue weighted by Crippen LogP contribution is -1.96. The summed E-state index contributed by atoms with van der Waals surface area (Å²) in [5.74, 6) is 0. The molecule has 0 spiro atoms. The second-order valence-corrected chi connectivity index (χ2v) is 9.37. The van der Waals surface area contributed by atoms with Crippen LogP contribution in [0.4, 0.5) is 0 Å². The minimum absolute atomic E-state index is 0.982. The van der Waals surface area contributed by atoms with Crippen molar-refractivity contribution in [2.75, 3.05) is 0 Å². The lowest BCUT2D eigenvalue weighted by atomic mass is 10.0. The van der Waals surface area contributed by atoms with Crippen molar-refractivity contribution in [3.05, 3.63) is 58.9 Å². The molecule has 0 aliphatic heterocycles. The highest BCUT2D eigenvalue weighted by molar-refractivity contribution is 7.26. The maximum Gasteiger partial charge on any atom is 0.0502 e. The standard InChI is InChI=1S/C28H30N2S/c1-7-11-22-17(5)20-15-21-19-13-14-24-27(18(6)23(12-8-2)29(24)9-3)28(19)31-26(21)16-25(20)30(22)10-4/h7-8,11-16H,9-10H2,1-6H3/b11-7-,12-8-. The largest absolute Gasteiger partial charge is 0.341 e. The fourth-order valence-corrected chi connectivity index (χ4v) is 6.65. The van der Waals surface area contributed by atoms with Crippen LogP contribution in [0.5, 0.6) is 0 Å². The van der Waals surface area contributed by atoms with Gasteiger partial charge in [0, 0.05) is 55.4 Å². The van der Waals surface area contributed by atoms with Crippen molar-refractivity contribution in [3.63, 3.8) is 0 Å². The molecule has 0 radical (unpaired) electrons. The molecule has 5 aromatic rings. The molecule has 0 saturated heterocycles. The van der Waals surface area contributed by atoms with Crippen LogP contribution in [0, 0.1) is 13.8 Å². The van der Waals surface area contributed by atoms with Crippen LogP contribution in [0.1, 0.15) is 50.2 Å². The number of allylic oxidation sites excluding steroid dienone is 2. The molecule has 0 aliphatic rings. The Labute approximate surface area is 188 Å². The molecular weight excluding hydrogens is 396 g/mol. The molecule has 2 nitrogen and oxygen atoms in total. The van der Waals surface area contributed by atoms with Gasteiger partial charge in [-0.15, -0.1) is 11.3 Å². The Balaban J connectivity index is 1.92. The molecule has 5 rings (SSSR count). The number of hydrogen-bond donors (Lipinski definition) is 0. The molecule has 0 aliphatic carbocycles. The highest BCUT2D eigenvalue weighted by atomic mass is 32.1. The molecule has 0 fully saturated rings. The van der Waals surface area contributed by atoms with Crippen molar-refractivity contribution in [1.82, 2.24) is 9.13 Å². The molecule has 0 amide bonds. The second kappa shape index (κ2) is 7.42. The minimum Gasteiger partial charge on any atom is -0.341 e. The van der Waals surface area contributed by atoms with Gasteiger partial charge >= 0.3 is 0 Å². The van der Waals surface area contributed by atoms with Crippen molar-refractivity contribution < 1.29 is 0 Å². The maximum absolute atomic E-state index is 2.45.